The number of hydrogen-bond donors (Lipinski definition) is 0. The third-order valence-corrected chi connectivity index (χ3v) is 4.72. The number of carbonyl (C=O) groups excluding carboxylic acids is 3. The van der Waals surface area contributed by atoms with Crippen LogP contribution < -0.4 is 9.64 Å². The maximum atomic E-state index is 12.9. The second-order valence-electron chi connectivity index (χ2n) is 6.13. The lowest BCUT2D eigenvalue weighted by atomic mass is 9.77. The molecule has 4 atom stereocenters. The summed E-state index contributed by atoms with van der Waals surface area (Å²) in [6, 6.07) is 3.02. The van der Waals surface area contributed by atoms with Gasteiger partial charge in [0, 0.05) is 13.0 Å². The highest BCUT2D eigenvalue weighted by molar-refractivity contribution is 6.22. The second-order valence-corrected chi connectivity index (χ2v) is 6.13. The van der Waals surface area contributed by atoms with E-state index in [0.717, 1.165) is 4.90 Å². The number of ether oxygens (including phenoxy) is 3. The summed E-state index contributed by atoms with van der Waals surface area (Å²) in [5.41, 5.74) is -1.11. The van der Waals surface area contributed by atoms with Crippen LogP contribution in [-0.2, 0) is 23.9 Å². The number of carbonyl (C=O) groups is 3. The highest BCUT2D eigenvalue weighted by Gasteiger charge is 2.68. The van der Waals surface area contributed by atoms with Gasteiger partial charge in [-0.15, -0.1) is 10.2 Å². The minimum Gasteiger partial charge on any atom is -0.480 e. The summed E-state index contributed by atoms with van der Waals surface area (Å²) in [5.74, 6) is -2.31. The van der Waals surface area contributed by atoms with Gasteiger partial charge in [-0.3, -0.25) is 14.4 Å². The van der Waals surface area contributed by atoms with Crippen molar-refractivity contribution in [2.24, 2.45) is 11.8 Å². The molecule has 0 N–H and O–H groups in total. The molecule has 25 heavy (non-hydrogen) atoms. The van der Waals surface area contributed by atoms with Crippen molar-refractivity contribution in [2.45, 2.75) is 18.6 Å². The van der Waals surface area contributed by atoms with Gasteiger partial charge in [0.25, 0.3) is 0 Å². The van der Waals surface area contributed by atoms with E-state index in [-0.39, 0.29) is 18.3 Å². The number of imide groups is 1. The van der Waals surface area contributed by atoms with Gasteiger partial charge in [0.15, 0.2) is 5.82 Å². The molecule has 0 aromatic carbocycles. The maximum absolute atomic E-state index is 12.9. The van der Waals surface area contributed by atoms with Gasteiger partial charge in [0.2, 0.25) is 17.7 Å². The zero-order valence-electron chi connectivity index (χ0n) is 13.5. The fraction of sp³-hybridized carbons (Fsp3) is 0.438. The van der Waals surface area contributed by atoms with E-state index in [1.54, 1.807) is 12.2 Å². The minimum absolute atomic E-state index is 0.113. The molecule has 1 aromatic heterocycles. The number of rotatable bonds is 4. The number of fused-ring (bicyclic) bond motifs is 5. The lowest BCUT2D eigenvalue weighted by Gasteiger charge is -2.27. The lowest BCUT2D eigenvalue weighted by molar-refractivity contribution is -0.150. The normalized spacial score (nSPS) is 32.2. The first-order valence-corrected chi connectivity index (χ1v) is 7.73. The van der Waals surface area contributed by atoms with Crippen molar-refractivity contribution in [3.8, 4) is 5.88 Å². The number of aromatic nitrogens is 2. The van der Waals surface area contributed by atoms with Crippen LogP contribution in [0.2, 0.25) is 0 Å². The van der Waals surface area contributed by atoms with Crippen LogP contribution in [0.5, 0.6) is 5.88 Å². The van der Waals surface area contributed by atoms with Gasteiger partial charge in [-0.25, -0.2) is 4.90 Å². The molecule has 0 spiro atoms. The Labute approximate surface area is 142 Å². The van der Waals surface area contributed by atoms with Gasteiger partial charge in [-0.2, -0.15) is 0 Å². The molecule has 2 saturated heterocycles. The Kier molecular flexibility index (Phi) is 3.36. The van der Waals surface area contributed by atoms with Crippen molar-refractivity contribution in [3.63, 3.8) is 0 Å². The standard InChI is InChI=1S/C16H15N3O6/c1-8(20)24-7-16-6-5-9(25-16)12-13(16)15(22)19(14(12)21)10-3-4-11(23-2)18-17-10/h3-6,9,12-13H,7H2,1-2H3/t9-,12+,13+,16+/m1/s1. The van der Waals surface area contributed by atoms with E-state index < -0.39 is 41.3 Å². The second kappa shape index (κ2) is 5.35. The van der Waals surface area contributed by atoms with Gasteiger partial charge in [0.05, 0.1) is 25.0 Å². The Balaban J connectivity index is 1.66. The largest absolute Gasteiger partial charge is 0.480 e. The molecule has 2 fully saturated rings. The molecular weight excluding hydrogens is 330 g/mol. The average molecular weight is 345 g/mol. The predicted octanol–water partition coefficient (Wildman–Crippen LogP) is -0.139. The van der Waals surface area contributed by atoms with Crippen molar-refractivity contribution < 1.29 is 28.6 Å². The smallest absolute Gasteiger partial charge is 0.302 e. The molecule has 3 aliphatic heterocycles. The zero-order valence-corrected chi connectivity index (χ0v) is 13.5. The summed E-state index contributed by atoms with van der Waals surface area (Å²) in [7, 11) is 1.44. The number of amides is 2. The molecule has 0 aliphatic carbocycles. The highest BCUT2D eigenvalue weighted by atomic mass is 16.6. The Bertz CT molecular complexity index is 792. The molecule has 2 bridgehead atoms. The van der Waals surface area contributed by atoms with E-state index in [4.69, 9.17) is 14.2 Å². The van der Waals surface area contributed by atoms with Crippen molar-refractivity contribution in [2.75, 3.05) is 18.6 Å². The molecule has 130 valence electrons. The van der Waals surface area contributed by atoms with Crippen molar-refractivity contribution in [1.82, 2.24) is 10.2 Å². The van der Waals surface area contributed by atoms with Crippen molar-refractivity contribution in [3.05, 3.63) is 24.3 Å². The highest BCUT2D eigenvalue weighted by Crippen LogP contribution is 2.52. The Morgan fingerprint density at radius 3 is 2.76 bits per heavy atom. The predicted molar refractivity (Wildman–Crippen MR) is 81.4 cm³/mol. The van der Waals surface area contributed by atoms with Crippen LogP contribution >= 0.6 is 0 Å². The number of esters is 1. The van der Waals surface area contributed by atoms with E-state index in [2.05, 4.69) is 10.2 Å². The minimum atomic E-state index is -1.11. The third kappa shape index (κ3) is 2.15. The summed E-state index contributed by atoms with van der Waals surface area (Å²) >= 11 is 0. The van der Waals surface area contributed by atoms with E-state index >= 15 is 0 Å². The van der Waals surface area contributed by atoms with Crippen LogP contribution in [-0.4, -0.2) is 53.4 Å². The fourth-order valence-electron chi connectivity index (χ4n) is 3.65. The summed E-state index contributed by atoms with van der Waals surface area (Å²) in [6.07, 6.45) is 2.92. The van der Waals surface area contributed by atoms with Gasteiger partial charge in [-0.1, -0.05) is 6.08 Å². The zero-order chi connectivity index (χ0) is 17.8. The summed E-state index contributed by atoms with van der Waals surface area (Å²) < 4.78 is 15.8. The molecule has 9 heteroatoms. The van der Waals surface area contributed by atoms with Gasteiger partial charge < -0.3 is 14.2 Å². The molecule has 9 nitrogen and oxygen atoms in total. The van der Waals surface area contributed by atoms with Crippen LogP contribution in [0, 0.1) is 11.8 Å². The number of methoxy groups -OCH3 is 1. The summed E-state index contributed by atoms with van der Waals surface area (Å²) in [4.78, 5) is 37.9. The lowest BCUT2D eigenvalue weighted by Crippen LogP contribution is -2.44. The van der Waals surface area contributed by atoms with E-state index in [1.807, 2.05) is 0 Å². The number of nitrogens with zero attached hydrogens (tertiary/aromatic N) is 3. The number of hydrogen-bond acceptors (Lipinski definition) is 8. The first-order valence-electron chi connectivity index (χ1n) is 7.73. The monoisotopic (exact) mass is 345 g/mol. The molecule has 0 saturated carbocycles. The molecule has 0 radical (unpaired) electrons. The molecule has 2 amide bonds. The van der Waals surface area contributed by atoms with Crippen LogP contribution in [0.3, 0.4) is 0 Å². The van der Waals surface area contributed by atoms with E-state index in [0.29, 0.717) is 0 Å². The Hall–Kier alpha value is -2.81. The summed E-state index contributed by atoms with van der Waals surface area (Å²) in [6.45, 7) is 1.16. The molecule has 0 unspecified atom stereocenters. The maximum Gasteiger partial charge on any atom is 0.302 e. The molecule has 3 aliphatic rings. The quantitative estimate of drug-likeness (QED) is 0.422. The average Bonchev–Trinajstić information content (AvgIpc) is 3.24. The summed E-state index contributed by atoms with van der Waals surface area (Å²) in [5, 5.41) is 7.69. The third-order valence-electron chi connectivity index (χ3n) is 4.72. The van der Waals surface area contributed by atoms with Gasteiger partial charge in [0.1, 0.15) is 12.2 Å². The molecule has 4 rings (SSSR count). The topological polar surface area (TPSA) is 108 Å². The first-order chi connectivity index (χ1) is 12.0. The van der Waals surface area contributed by atoms with E-state index in [9.17, 15) is 14.4 Å². The van der Waals surface area contributed by atoms with Crippen LogP contribution in [0.15, 0.2) is 24.3 Å². The van der Waals surface area contributed by atoms with E-state index in [1.165, 1.54) is 26.2 Å². The van der Waals surface area contributed by atoms with Gasteiger partial charge >= 0.3 is 5.97 Å². The molecule has 1 aromatic rings. The van der Waals surface area contributed by atoms with Crippen molar-refractivity contribution in [1.29, 1.82) is 0 Å². The van der Waals surface area contributed by atoms with Crippen LogP contribution in [0.4, 0.5) is 5.82 Å². The van der Waals surface area contributed by atoms with Gasteiger partial charge in [-0.05, 0) is 12.1 Å². The Morgan fingerprint density at radius 1 is 1.32 bits per heavy atom. The van der Waals surface area contributed by atoms with Crippen LogP contribution in [0.25, 0.3) is 0 Å². The molecular formula is C16H15N3O6. The first kappa shape index (κ1) is 15.7. The van der Waals surface area contributed by atoms with Crippen LogP contribution in [0.1, 0.15) is 6.92 Å². The molecule has 4 heterocycles. The van der Waals surface area contributed by atoms with Crippen molar-refractivity contribution >= 4 is 23.6 Å². The SMILES string of the molecule is COc1ccc(N2C(=O)[C@@H]3[C@@H](C2=O)[C@@]2(COC(C)=O)C=C[C@H]3O2)nn1. The number of anilines is 1. The fourth-order valence-corrected chi connectivity index (χ4v) is 3.65. The Morgan fingerprint density at radius 2 is 2.12 bits per heavy atom.